The molecule has 0 aliphatic rings. The van der Waals surface area contributed by atoms with Gasteiger partial charge in [0.2, 0.25) is 0 Å². The van der Waals surface area contributed by atoms with Gasteiger partial charge in [-0.3, -0.25) is 0 Å². The zero-order chi connectivity index (χ0) is 10.8. The van der Waals surface area contributed by atoms with E-state index in [9.17, 15) is 13.2 Å². The third-order valence-corrected chi connectivity index (χ3v) is 1.62. The molecule has 0 atom stereocenters. The van der Waals surface area contributed by atoms with E-state index in [1.165, 1.54) is 0 Å². The fourth-order valence-electron chi connectivity index (χ4n) is 1.08. The average Bonchev–Trinajstić information content (AvgIpc) is 2.02. The van der Waals surface area contributed by atoms with Crippen LogP contribution in [0.3, 0.4) is 0 Å². The molecular weight excluding hydrogens is 195 g/mol. The second-order valence-electron chi connectivity index (χ2n) is 2.56. The van der Waals surface area contributed by atoms with Gasteiger partial charge >= 0.3 is 6.18 Å². The number of alkyl halides is 3. The minimum Gasteiger partial charge on any atom is -0.383 e. The number of halogens is 3. The van der Waals surface area contributed by atoms with E-state index in [-0.39, 0.29) is 12.0 Å². The molecule has 0 bridgehead atoms. The zero-order valence-corrected chi connectivity index (χ0v) is 6.97. The lowest BCUT2D eigenvalue weighted by molar-refractivity contribution is -0.137. The maximum absolute atomic E-state index is 12.4. The normalized spacial score (nSPS) is 11.0. The van der Waals surface area contributed by atoms with E-state index in [1.807, 2.05) is 0 Å². The highest BCUT2D eigenvalue weighted by Crippen LogP contribution is 2.35. The molecule has 0 radical (unpaired) electrons. The van der Waals surface area contributed by atoms with Crippen LogP contribution >= 0.6 is 0 Å². The van der Waals surface area contributed by atoms with Gasteiger partial charge in [0.15, 0.2) is 0 Å². The van der Waals surface area contributed by atoms with Crippen molar-refractivity contribution in [2.45, 2.75) is 12.6 Å². The number of rotatable bonds is 1. The highest BCUT2D eigenvalue weighted by Gasteiger charge is 2.36. The first kappa shape index (κ1) is 10.3. The van der Waals surface area contributed by atoms with Gasteiger partial charge in [-0.1, -0.05) is 0 Å². The van der Waals surface area contributed by atoms with Gasteiger partial charge in [0.05, 0.1) is 12.5 Å². The minimum atomic E-state index is -4.56. The number of hydrogen-bond donors (Lipinski definition) is 1. The van der Waals surface area contributed by atoms with Crippen LogP contribution in [0.5, 0.6) is 0 Å². The number of nitriles is 1. The van der Waals surface area contributed by atoms with Gasteiger partial charge in [-0.15, -0.1) is 0 Å². The molecule has 0 fully saturated rings. The largest absolute Gasteiger partial charge is 0.420 e. The molecule has 0 saturated heterocycles. The van der Waals surface area contributed by atoms with E-state index < -0.39 is 17.6 Å². The Hall–Kier alpha value is -1.77. The predicted molar refractivity (Wildman–Crippen MR) is 43.0 cm³/mol. The van der Waals surface area contributed by atoms with Crippen molar-refractivity contribution in [1.29, 1.82) is 5.26 Å². The van der Waals surface area contributed by atoms with Crippen molar-refractivity contribution in [2.75, 3.05) is 5.73 Å². The second-order valence-corrected chi connectivity index (χ2v) is 2.56. The van der Waals surface area contributed by atoms with Gasteiger partial charge in [-0.25, -0.2) is 4.98 Å². The number of pyridine rings is 1. The molecule has 0 aromatic carbocycles. The highest BCUT2D eigenvalue weighted by molar-refractivity contribution is 5.47. The zero-order valence-electron chi connectivity index (χ0n) is 6.97. The number of nitrogens with zero attached hydrogens (tertiary/aromatic N) is 2. The lowest BCUT2D eigenvalue weighted by Crippen LogP contribution is -2.13. The molecule has 14 heavy (non-hydrogen) atoms. The quantitative estimate of drug-likeness (QED) is 0.752. The smallest absolute Gasteiger partial charge is 0.383 e. The van der Waals surface area contributed by atoms with E-state index in [0.717, 1.165) is 12.3 Å². The van der Waals surface area contributed by atoms with Gasteiger partial charge in [-0.05, 0) is 11.6 Å². The van der Waals surface area contributed by atoms with Crippen LogP contribution in [-0.4, -0.2) is 4.98 Å². The van der Waals surface area contributed by atoms with E-state index >= 15 is 0 Å². The summed E-state index contributed by atoms with van der Waals surface area (Å²) in [5, 5.41) is 8.32. The van der Waals surface area contributed by atoms with Crippen molar-refractivity contribution in [2.24, 2.45) is 0 Å². The molecule has 0 saturated carbocycles. The maximum atomic E-state index is 12.4. The van der Waals surface area contributed by atoms with Crippen LogP contribution in [0.2, 0.25) is 0 Å². The third-order valence-electron chi connectivity index (χ3n) is 1.62. The van der Waals surface area contributed by atoms with E-state index in [2.05, 4.69) is 4.98 Å². The Labute approximate surface area is 78.0 Å². The van der Waals surface area contributed by atoms with Crippen molar-refractivity contribution in [3.05, 3.63) is 23.4 Å². The van der Waals surface area contributed by atoms with E-state index in [0.29, 0.717) is 0 Å². The predicted octanol–water partition coefficient (Wildman–Crippen LogP) is 1.75. The Morgan fingerprint density at radius 3 is 2.64 bits per heavy atom. The molecule has 2 N–H and O–H groups in total. The van der Waals surface area contributed by atoms with Crippen LogP contribution in [0, 0.1) is 11.3 Å². The van der Waals surface area contributed by atoms with Crippen LogP contribution in [0.1, 0.15) is 11.1 Å². The summed E-state index contributed by atoms with van der Waals surface area (Å²) in [5.41, 5.74) is 3.94. The van der Waals surface area contributed by atoms with Crippen molar-refractivity contribution in [1.82, 2.24) is 4.98 Å². The van der Waals surface area contributed by atoms with Crippen molar-refractivity contribution in [3.63, 3.8) is 0 Å². The summed E-state index contributed by atoms with van der Waals surface area (Å²) < 4.78 is 37.2. The lowest BCUT2D eigenvalue weighted by Gasteiger charge is -2.12. The molecule has 1 heterocycles. The summed E-state index contributed by atoms with van der Waals surface area (Å²) in [6, 6.07) is 2.78. The molecule has 3 nitrogen and oxygen atoms in total. The molecule has 74 valence electrons. The fraction of sp³-hybridized carbons (Fsp3) is 0.250. The van der Waals surface area contributed by atoms with Crippen molar-refractivity contribution < 1.29 is 13.2 Å². The summed E-state index contributed by atoms with van der Waals surface area (Å²) in [5.74, 6) is -0.592. The lowest BCUT2D eigenvalue weighted by atomic mass is 10.1. The number of anilines is 1. The summed E-state index contributed by atoms with van der Waals surface area (Å²) in [7, 11) is 0. The highest BCUT2D eigenvalue weighted by atomic mass is 19.4. The van der Waals surface area contributed by atoms with Crippen LogP contribution in [0.4, 0.5) is 19.0 Å². The SMILES string of the molecule is N#CCc1ccnc(N)c1C(F)(F)F. The van der Waals surface area contributed by atoms with Crippen LogP contribution in [-0.2, 0) is 12.6 Å². The molecule has 0 amide bonds. The number of nitrogens with two attached hydrogens (primary N) is 1. The monoisotopic (exact) mass is 201 g/mol. The first-order valence-corrected chi connectivity index (χ1v) is 3.64. The topological polar surface area (TPSA) is 62.7 Å². The second kappa shape index (κ2) is 3.54. The Kier molecular flexibility index (Phi) is 2.60. The summed E-state index contributed by atoms with van der Waals surface area (Å²) in [6.07, 6.45) is -3.75. The third kappa shape index (κ3) is 1.93. The number of hydrogen-bond acceptors (Lipinski definition) is 3. The average molecular weight is 201 g/mol. The first-order valence-electron chi connectivity index (χ1n) is 3.64. The van der Waals surface area contributed by atoms with Crippen LogP contribution < -0.4 is 5.73 Å². The number of nitrogen functional groups attached to an aromatic ring is 1. The molecule has 0 unspecified atom stereocenters. The molecule has 0 spiro atoms. The van der Waals surface area contributed by atoms with E-state index in [4.69, 9.17) is 11.0 Å². The standard InChI is InChI=1S/C8H6F3N3/c9-8(10,11)6-5(1-3-12)2-4-14-7(6)13/h2,4H,1H2,(H2,13,14). The van der Waals surface area contributed by atoms with Gasteiger partial charge in [0, 0.05) is 6.20 Å². The summed E-state index contributed by atoms with van der Waals surface area (Å²) in [4.78, 5) is 3.34. The van der Waals surface area contributed by atoms with Gasteiger partial charge < -0.3 is 5.73 Å². The molecule has 6 heteroatoms. The van der Waals surface area contributed by atoms with Crippen LogP contribution in [0.25, 0.3) is 0 Å². The molecular formula is C8H6F3N3. The minimum absolute atomic E-state index is 0.146. The molecule has 1 rings (SSSR count). The first-order chi connectivity index (χ1) is 6.46. The maximum Gasteiger partial charge on any atom is 0.420 e. The number of aromatic nitrogens is 1. The molecule has 1 aromatic heterocycles. The molecule has 0 aliphatic heterocycles. The summed E-state index contributed by atoms with van der Waals surface area (Å²) >= 11 is 0. The van der Waals surface area contributed by atoms with Gasteiger partial charge in [-0.2, -0.15) is 18.4 Å². The van der Waals surface area contributed by atoms with Crippen LogP contribution in [0.15, 0.2) is 12.3 Å². The van der Waals surface area contributed by atoms with Gasteiger partial charge in [0.25, 0.3) is 0 Å². The van der Waals surface area contributed by atoms with Crippen molar-refractivity contribution in [3.8, 4) is 6.07 Å². The van der Waals surface area contributed by atoms with Gasteiger partial charge in [0.1, 0.15) is 11.4 Å². The summed E-state index contributed by atoms with van der Waals surface area (Å²) in [6.45, 7) is 0. The fourth-order valence-corrected chi connectivity index (χ4v) is 1.08. The Balaban J connectivity index is 3.31. The van der Waals surface area contributed by atoms with Crippen molar-refractivity contribution >= 4 is 5.82 Å². The van der Waals surface area contributed by atoms with E-state index in [1.54, 1.807) is 6.07 Å². The Morgan fingerprint density at radius 2 is 2.14 bits per heavy atom. The molecule has 0 aliphatic carbocycles. The Morgan fingerprint density at radius 1 is 1.50 bits per heavy atom. The Bertz CT molecular complexity index is 378. The molecule has 1 aromatic rings.